The molecule has 0 spiro atoms. The number of hydrogen-bond acceptors (Lipinski definition) is 2. The van der Waals surface area contributed by atoms with Gasteiger partial charge >= 0.3 is 0 Å². The summed E-state index contributed by atoms with van der Waals surface area (Å²) in [6, 6.07) is 0.693. The molecule has 1 aliphatic rings. The number of piperidine rings is 1. The molecule has 0 atom stereocenters. The second-order valence-electron chi connectivity index (χ2n) is 5.32. The predicted octanol–water partition coefficient (Wildman–Crippen LogP) is 2.45. The first-order valence-electron chi connectivity index (χ1n) is 6.56. The average molecular weight is 212 g/mol. The topological polar surface area (TPSA) is 6.48 Å². The summed E-state index contributed by atoms with van der Waals surface area (Å²) in [4.78, 5) is 5.10. The van der Waals surface area contributed by atoms with Crippen LogP contribution in [0.15, 0.2) is 0 Å². The molecule has 0 aromatic rings. The van der Waals surface area contributed by atoms with E-state index < -0.39 is 0 Å². The summed E-state index contributed by atoms with van der Waals surface area (Å²) in [5.41, 5.74) is 0. The molecule has 0 aromatic carbocycles. The van der Waals surface area contributed by atoms with E-state index in [9.17, 15) is 0 Å². The fourth-order valence-corrected chi connectivity index (χ4v) is 2.33. The van der Waals surface area contributed by atoms with Crippen molar-refractivity contribution >= 4 is 0 Å². The SMILES string of the molecule is CCCN1CCC(CN(C)C(C)C)CC1. The molecule has 2 heteroatoms. The lowest BCUT2D eigenvalue weighted by molar-refractivity contribution is 0.143. The van der Waals surface area contributed by atoms with Gasteiger partial charge in [0.15, 0.2) is 0 Å². The van der Waals surface area contributed by atoms with Gasteiger partial charge in [0.05, 0.1) is 0 Å². The summed E-state index contributed by atoms with van der Waals surface area (Å²) in [6.45, 7) is 12.1. The van der Waals surface area contributed by atoms with Crippen molar-refractivity contribution in [2.75, 3.05) is 33.2 Å². The molecule has 1 rings (SSSR count). The van der Waals surface area contributed by atoms with Gasteiger partial charge in [0, 0.05) is 12.6 Å². The highest BCUT2D eigenvalue weighted by Gasteiger charge is 2.20. The minimum Gasteiger partial charge on any atom is -0.304 e. The van der Waals surface area contributed by atoms with E-state index in [0.29, 0.717) is 6.04 Å². The Morgan fingerprint density at radius 1 is 1.27 bits per heavy atom. The molecule has 15 heavy (non-hydrogen) atoms. The summed E-state index contributed by atoms with van der Waals surface area (Å²) in [7, 11) is 2.25. The first-order valence-corrected chi connectivity index (χ1v) is 6.56. The Morgan fingerprint density at radius 2 is 1.87 bits per heavy atom. The van der Waals surface area contributed by atoms with Gasteiger partial charge in [-0.15, -0.1) is 0 Å². The van der Waals surface area contributed by atoms with Crippen molar-refractivity contribution in [1.29, 1.82) is 0 Å². The molecule has 1 saturated heterocycles. The van der Waals surface area contributed by atoms with Crippen molar-refractivity contribution in [3.63, 3.8) is 0 Å². The minimum absolute atomic E-state index is 0.693. The lowest BCUT2D eigenvalue weighted by Crippen LogP contribution is -2.39. The highest BCUT2D eigenvalue weighted by atomic mass is 15.1. The normalized spacial score (nSPS) is 20.4. The van der Waals surface area contributed by atoms with Crippen LogP contribution < -0.4 is 0 Å². The van der Waals surface area contributed by atoms with Crippen molar-refractivity contribution in [1.82, 2.24) is 9.80 Å². The fraction of sp³-hybridized carbons (Fsp3) is 1.00. The molecule has 0 unspecified atom stereocenters. The van der Waals surface area contributed by atoms with Crippen LogP contribution in [0.4, 0.5) is 0 Å². The molecule has 0 N–H and O–H groups in total. The minimum atomic E-state index is 0.693. The lowest BCUT2D eigenvalue weighted by atomic mass is 9.96. The summed E-state index contributed by atoms with van der Waals surface area (Å²) < 4.78 is 0. The summed E-state index contributed by atoms with van der Waals surface area (Å²) in [5, 5.41) is 0. The molecule has 0 aliphatic carbocycles. The fourth-order valence-electron chi connectivity index (χ4n) is 2.33. The van der Waals surface area contributed by atoms with Crippen molar-refractivity contribution in [2.45, 2.75) is 46.1 Å². The molecule has 1 aliphatic heterocycles. The first-order chi connectivity index (χ1) is 7.13. The van der Waals surface area contributed by atoms with Crippen LogP contribution in [0.1, 0.15) is 40.0 Å². The Bertz CT molecular complexity index is 160. The van der Waals surface area contributed by atoms with E-state index in [1.165, 1.54) is 45.4 Å². The Labute approximate surface area is 95.6 Å². The van der Waals surface area contributed by atoms with E-state index in [1.807, 2.05) is 0 Å². The summed E-state index contributed by atoms with van der Waals surface area (Å²) in [5.74, 6) is 0.936. The van der Waals surface area contributed by atoms with Gasteiger partial charge < -0.3 is 9.80 Å². The van der Waals surface area contributed by atoms with E-state index in [1.54, 1.807) is 0 Å². The Kier molecular flexibility index (Phi) is 5.62. The van der Waals surface area contributed by atoms with Crippen molar-refractivity contribution in [3.8, 4) is 0 Å². The van der Waals surface area contributed by atoms with Crippen LogP contribution in [-0.2, 0) is 0 Å². The summed E-state index contributed by atoms with van der Waals surface area (Å²) >= 11 is 0. The molecule has 0 amide bonds. The third kappa shape index (κ3) is 4.52. The standard InChI is InChI=1S/C13H28N2/c1-5-8-15-9-6-13(7-10-15)11-14(4)12(2)3/h12-13H,5-11H2,1-4H3. The zero-order valence-electron chi connectivity index (χ0n) is 11.0. The van der Waals surface area contributed by atoms with E-state index in [2.05, 4.69) is 37.6 Å². The molecular formula is C13H28N2. The molecule has 90 valence electrons. The van der Waals surface area contributed by atoms with Crippen LogP contribution in [0.25, 0.3) is 0 Å². The van der Waals surface area contributed by atoms with Gasteiger partial charge in [-0.2, -0.15) is 0 Å². The quantitative estimate of drug-likeness (QED) is 0.691. The van der Waals surface area contributed by atoms with Crippen LogP contribution in [0.3, 0.4) is 0 Å². The van der Waals surface area contributed by atoms with Gasteiger partial charge in [-0.1, -0.05) is 6.92 Å². The van der Waals surface area contributed by atoms with Crippen LogP contribution in [0, 0.1) is 5.92 Å². The van der Waals surface area contributed by atoms with E-state index in [4.69, 9.17) is 0 Å². The van der Waals surface area contributed by atoms with Crippen LogP contribution in [-0.4, -0.2) is 49.1 Å². The molecule has 0 radical (unpaired) electrons. The lowest BCUT2D eigenvalue weighted by Gasteiger charge is -2.34. The first kappa shape index (κ1) is 13.0. The number of likely N-dealkylation sites (tertiary alicyclic amines) is 1. The third-order valence-corrected chi connectivity index (χ3v) is 3.67. The van der Waals surface area contributed by atoms with Gasteiger partial charge in [-0.05, 0) is 65.7 Å². The van der Waals surface area contributed by atoms with E-state index in [-0.39, 0.29) is 0 Å². The van der Waals surface area contributed by atoms with Crippen molar-refractivity contribution in [2.24, 2.45) is 5.92 Å². The molecule has 0 saturated carbocycles. The van der Waals surface area contributed by atoms with Crippen molar-refractivity contribution in [3.05, 3.63) is 0 Å². The van der Waals surface area contributed by atoms with Crippen LogP contribution >= 0.6 is 0 Å². The maximum Gasteiger partial charge on any atom is 0.00356 e. The Morgan fingerprint density at radius 3 is 2.33 bits per heavy atom. The third-order valence-electron chi connectivity index (χ3n) is 3.67. The van der Waals surface area contributed by atoms with Gasteiger partial charge in [0.1, 0.15) is 0 Å². The molecule has 1 heterocycles. The smallest absolute Gasteiger partial charge is 0.00356 e. The predicted molar refractivity (Wildman–Crippen MR) is 67.2 cm³/mol. The molecule has 0 aromatic heterocycles. The van der Waals surface area contributed by atoms with E-state index >= 15 is 0 Å². The second-order valence-corrected chi connectivity index (χ2v) is 5.32. The summed E-state index contributed by atoms with van der Waals surface area (Å²) in [6.07, 6.45) is 4.10. The maximum absolute atomic E-state index is 2.62. The maximum atomic E-state index is 2.62. The average Bonchev–Trinajstić information content (AvgIpc) is 2.21. The molecule has 1 fully saturated rings. The molecule has 2 nitrogen and oxygen atoms in total. The number of nitrogens with zero attached hydrogens (tertiary/aromatic N) is 2. The zero-order chi connectivity index (χ0) is 11.3. The van der Waals surface area contributed by atoms with Gasteiger partial charge in [0.2, 0.25) is 0 Å². The number of rotatable bonds is 5. The van der Waals surface area contributed by atoms with E-state index in [0.717, 1.165) is 5.92 Å². The molecule has 0 bridgehead atoms. The highest BCUT2D eigenvalue weighted by Crippen LogP contribution is 2.18. The zero-order valence-corrected chi connectivity index (χ0v) is 11.0. The van der Waals surface area contributed by atoms with Crippen molar-refractivity contribution < 1.29 is 0 Å². The van der Waals surface area contributed by atoms with Gasteiger partial charge in [0.25, 0.3) is 0 Å². The second kappa shape index (κ2) is 6.49. The molecular weight excluding hydrogens is 184 g/mol. The van der Waals surface area contributed by atoms with Gasteiger partial charge in [-0.3, -0.25) is 0 Å². The highest BCUT2D eigenvalue weighted by molar-refractivity contribution is 4.74. The number of hydrogen-bond donors (Lipinski definition) is 0. The van der Waals surface area contributed by atoms with Crippen LogP contribution in [0.5, 0.6) is 0 Å². The van der Waals surface area contributed by atoms with Crippen LogP contribution in [0.2, 0.25) is 0 Å². The monoisotopic (exact) mass is 212 g/mol. The van der Waals surface area contributed by atoms with Gasteiger partial charge in [-0.25, -0.2) is 0 Å². The largest absolute Gasteiger partial charge is 0.304 e. The Balaban J connectivity index is 2.19. The Hall–Kier alpha value is -0.0800.